The number of amides is 1. The number of carbonyl (C=O) groups excluding carboxylic acids is 1. The third-order valence-corrected chi connectivity index (χ3v) is 5.13. The first-order valence-electron chi connectivity index (χ1n) is 7.21. The number of carboxylic acid groups (broad SMARTS) is 1. The van der Waals surface area contributed by atoms with E-state index < -0.39 is 5.97 Å². The zero-order valence-corrected chi connectivity index (χ0v) is 13.4. The number of hydrogen-bond acceptors (Lipinski definition) is 3. The van der Waals surface area contributed by atoms with Gasteiger partial charge in [0.25, 0.3) is 5.91 Å². The molecule has 1 aliphatic rings. The van der Waals surface area contributed by atoms with Crippen LogP contribution in [0.5, 0.6) is 0 Å². The van der Waals surface area contributed by atoms with E-state index in [0.717, 1.165) is 35.9 Å². The van der Waals surface area contributed by atoms with E-state index in [0.29, 0.717) is 10.8 Å². The van der Waals surface area contributed by atoms with Gasteiger partial charge in [0.2, 0.25) is 0 Å². The molecule has 1 fully saturated rings. The molecule has 2 rings (SSSR count). The van der Waals surface area contributed by atoms with Crippen molar-refractivity contribution in [2.24, 2.45) is 5.92 Å². The van der Waals surface area contributed by atoms with Crippen molar-refractivity contribution in [1.82, 2.24) is 4.90 Å². The predicted molar refractivity (Wildman–Crippen MR) is 84.6 cm³/mol. The van der Waals surface area contributed by atoms with Crippen LogP contribution in [0.25, 0.3) is 6.08 Å². The van der Waals surface area contributed by atoms with Gasteiger partial charge in [0, 0.05) is 23.5 Å². The smallest absolute Gasteiger partial charge is 0.328 e. The molecule has 1 amide bonds. The summed E-state index contributed by atoms with van der Waals surface area (Å²) in [4.78, 5) is 26.7. The molecule has 0 aliphatic carbocycles. The van der Waals surface area contributed by atoms with Gasteiger partial charge in [-0.25, -0.2) is 4.79 Å². The van der Waals surface area contributed by atoms with Gasteiger partial charge in [-0.3, -0.25) is 4.79 Å². The third kappa shape index (κ3) is 3.73. The molecule has 5 heteroatoms. The number of aryl methyl sites for hydroxylation is 1. The fraction of sp³-hybridized carbons (Fsp3) is 0.500. The zero-order chi connectivity index (χ0) is 15.6. The van der Waals surface area contributed by atoms with Gasteiger partial charge in [0.15, 0.2) is 0 Å². The molecule has 1 N–H and O–H groups in total. The lowest BCUT2D eigenvalue weighted by Gasteiger charge is -2.36. The Morgan fingerprint density at radius 2 is 2.14 bits per heavy atom. The van der Waals surface area contributed by atoms with Crippen LogP contribution >= 0.6 is 11.3 Å². The van der Waals surface area contributed by atoms with E-state index in [1.165, 1.54) is 11.3 Å². The molecular weight excluding hydrogens is 286 g/mol. The monoisotopic (exact) mass is 307 g/mol. The van der Waals surface area contributed by atoms with Crippen LogP contribution in [0.3, 0.4) is 0 Å². The lowest BCUT2D eigenvalue weighted by Crippen LogP contribution is -2.43. The highest BCUT2D eigenvalue weighted by Gasteiger charge is 2.28. The van der Waals surface area contributed by atoms with E-state index in [4.69, 9.17) is 5.11 Å². The summed E-state index contributed by atoms with van der Waals surface area (Å²) in [5, 5.41) is 8.69. The largest absolute Gasteiger partial charge is 0.478 e. The summed E-state index contributed by atoms with van der Waals surface area (Å²) in [5.41, 5.74) is 0.943. The van der Waals surface area contributed by atoms with Crippen LogP contribution in [0, 0.1) is 12.8 Å². The number of thiophene rings is 1. The molecule has 1 aliphatic heterocycles. The van der Waals surface area contributed by atoms with E-state index in [9.17, 15) is 9.59 Å². The first-order valence-corrected chi connectivity index (χ1v) is 8.02. The number of hydrogen-bond donors (Lipinski definition) is 1. The van der Waals surface area contributed by atoms with Crippen LogP contribution in [-0.4, -0.2) is 34.5 Å². The van der Waals surface area contributed by atoms with Gasteiger partial charge in [-0.15, -0.1) is 11.3 Å². The van der Waals surface area contributed by atoms with E-state index in [2.05, 4.69) is 13.8 Å². The van der Waals surface area contributed by atoms with Crippen molar-refractivity contribution in [1.29, 1.82) is 0 Å². The number of carboxylic acids is 1. The zero-order valence-electron chi connectivity index (χ0n) is 12.6. The molecule has 1 aromatic rings. The van der Waals surface area contributed by atoms with Crippen LogP contribution < -0.4 is 0 Å². The molecular formula is C16H21NO3S. The van der Waals surface area contributed by atoms with Crippen molar-refractivity contribution in [3.8, 4) is 0 Å². The lowest BCUT2D eigenvalue weighted by molar-refractivity contribution is -0.131. The molecule has 0 radical (unpaired) electrons. The van der Waals surface area contributed by atoms with Crippen molar-refractivity contribution in [3.05, 3.63) is 27.5 Å². The minimum absolute atomic E-state index is 0.0671. The molecule has 114 valence electrons. The Morgan fingerprint density at radius 3 is 2.76 bits per heavy atom. The van der Waals surface area contributed by atoms with Crippen molar-refractivity contribution < 1.29 is 14.7 Å². The van der Waals surface area contributed by atoms with Gasteiger partial charge < -0.3 is 10.0 Å². The molecule has 1 aromatic heterocycles. The Balaban J connectivity index is 2.16. The fourth-order valence-corrected chi connectivity index (χ4v) is 3.80. The quantitative estimate of drug-likeness (QED) is 0.871. The molecule has 0 aromatic carbocycles. The Labute approximate surface area is 129 Å². The average Bonchev–Trinajstić information content (AvgIpc) is 2.77. The van der Waals surface area contributed by atoms with Gasteiger partial charge in [0.05, 0.1) is 4.88 Å². The van der Waals surface area contributed by atoms with E-state index in [1.807, 2.05) is 17.9 Å². The van der Waals surface area contributed by atoms with E-state index in [1.54, 1.807) is 6.08 Å². The summed E-state index contributed by atoms with van der Waals surface area (Å²) >= 11 is 1.36. The lowest BCUT2D eigenvalue weighted by atomic mass is 9.93. The number of rotatable bonds is 3. The normalized spacial score (nSPS) is 22.7. The van der Waals surface area contributed by atoms with Crippen LogP contribution in [0.15, 0.2) is 12.1 Å². The van der Waals surface area contributed by atoms with Crippen molar-refractivity contribution in [2.75, 3.05) is 6.54 Å². The van der Waals surface area contributed by atoms with Gasteiger partial charge in [-0.1, -0.05) is 6.92 Å². The second-order valence-electron chi connectivity index (χ2n) is 5.81. The molecule has 2 heterocycles. The molecule has 0 bridgehead atoms. The Kier molecular flexibility index (Phi) is 4.83. The second kappa shape index (κ2) is 6.43. The summed E-state index contributed by atoms with van der Waals surface area (Å²) < 4.78 is 0. The first kappa shape index (κ1) is 15.8. The maximum atomic E-state index is 12.6. The average molecular weight is 307 g/mol. The minimum atomic E-state index is -0.977. The highest BCUT2D eigenvalue weighted by atomic mass is 32.1. The van der Waals surface area contributed by atoms with Gasteiger partial charge in [-0.05, 0) is 50.3 Å². The standard InChI is InChI=1S/C16H21NO3S/c1-10-6-7-17(12(3)8-10)16(20)14-9-11(2)13(21-14)4-5-15(18)19/h4-5,9-10,12H,6-8H2,1-3H3,(H,18,19)/b5-4+. The number of piperidine rings is 1. The van der Waals surface area contributed by atoms with Crippen LogP contribution in [-0.2, 0) is 4.79 Å². The minimum Gasteiger partial charge on any atom is -0.478 e. The van der Waals surface area contributed by atoms with Crippen LogP contribution in [0.1, 0.15) is 46.8 Å². The number of nitrogens with zero attached hydrogens (tertiary/aromatic N) is 1. The molecule has 1 saturated heterocycles. The third-order valence-electron chi connectivity index (χ3n) is 3.94. The van der Waals surface area contributed by atoms with Crippen LogP contribution in [0.4, 0.5) is 0 Å². The maximum absolute atomic E-state index is 12.6. The van der Waals surface area contributed by atoms with Gasteiger partial charge in [0.1, 0.15) is 0 Å². The fourth-order valence-electron chi connectivity index (χ4n) is 2.76. The molecule has 21 heavy (non-hydrogen) atoms. The molecule has 2 atom stereocenters. The molecule has 0 spiro atoms. The molecule has 0 saturated carbocycles. The highest BCUT2D eigenvalue weighted by Crippen LogP contribution is 2.28. The van der Waals surface area contributed by atoms with E-state index >= 15 is 0 Å². The topological polar surface area (TPSA) is 57.6 Å². The first-order chi connectivity index (χ1) is 9.88. The number of likely N-dealkylation sites (tertiary alicyclic amines) is 1. The summed E-state index contributed by atoms with van der Waals surface area (Å²) in [6, 6.07) is 2.13. The van der Waals surface area contributed by atoms with Crippen molar-refractivity contribution in [3.63, 3.8) is 0 Å². The van der Waals surface area contributed by atoms with Gasteiger partial charge in [-0.2, -0.15) is 0 Å². The maximum Gasteiger partial charge on any atom is 0.328 e. The summed E-state index contributed by atoms with van der Waals surface area (Å²) in [7, 11) is 0. The van der Waals surface area contributed by atoms with Crippen molar-refractivity contribution in [2.45, 2.75) is 39.7 Å². The highest BCUT2D eigenvalue weighted by molar-refractivity contribution is 7.15. The van der Waals surface area contributed by atoms with Crippen molar-refractivity contribution >= 4 is 29.3 Å². The molecule has 2 unspecified atom stereocenters. The SMILES string of the molecule is Cc1cc(C(=O)N2CCC(C)CC2C)sc1/C=C/C(=O)O. The molecule has 4 nitrogen and oxygen atoms in total. The summed E-state index contributed by atoms with van der Waals surface area (Å²) in [5.74, 6) is -0.241. The van der Waals surface area contributed by atoms with Crippen LogP contribution in [0.2, 0.25) is 0 Å². The Bertz CT molecular complexity index is 576. The second-order valence-corrected chi connectivity index (χ2v) is 6.89. The Hall–Kier alpha value is -1.62. The van der Waals surface area contributed by atoms with E-state index in [-0.39, 0.29) is 11.9 Å². The number of carbonyl (C=O) groups is 2. The predicted octanol–water partition coefficient (Wildman–Crippen LogP) is 3.41. The summed E-state index contributed by atoms with van der Waals surface area (Å²) in [6.07, 6.45) is 4.76. The number of aliphatic carboxylic acids is 1. The Morgan fingerprint density at radius 1 is 1.43 bits per heavy atom. The van der Waals surface area contributed by atoms with Gasteiger partial charge >= 0.3 is 5.97 Å². The summed E-state index contributed by atoms with van der Waals surface area (Å²) in [6.45, 7) is 7.02.